The molecule has 1 aromatic heterocycles. The first kappa shape index (κ1) is 10.7. The summed E-state index contributed by atoms with van der Waals surface area (Å²) in [5.74, 6) is 0.932. The van der Waals surface area contributed by atoms with E-state index in [0.717, 1.165) is 11.6 Å². The zero-order valence-electron chi connectivity index (χ0n) is 9.95. The highest BCUT2D eigenvalue weighted by Gasteiger charge is 2.23. The van der Waals surface area contributed by atoms with Crippen LogP contribution in [0.4, 0.5) is 0 Å². The minimum absolute atomic E-state index is 0.490. The van der Waals surface area contributed by atoms with E-state index in [9.17, 15) is 0 Å². The van der Waals surface area contributed by atoms with Gasteiger partial charge in [0.05, 0.1) is 5.69 Å². The summed E-state index contributed by atoms with van der Waals surface area (Å²) in [5.41, 5.74) is 2.53. The van der Waals surface area contributed by atoms with E-state index in [-0.39, 0.29) is 0 Å². The Bertz CT molecular complexity index is 326. The Balaban J connectivity index is 2.07. The van der Waals surface area contributed by atoms with Gasteiger partial charge in [0, 0.05) is 24.8 Å². The van der Waals surface area contributed by atoms with Gasteiger partial charge in [0.2, 0.25) is 0 Å². The van der Waals surface area contributed by atoms with Gasteiger partial charge in [-0.1, -0.05) is 19.3 Å². The Morgan fingerprint density at radius 1 is 1.60 bits per heavy atom. The van der Waals surface area contributed by atoms with Gasteiger partial charge < -0.3 is 5.32 Å². The first-order valence-corrected chi connectivity index (χ1v) is 5.88. The van der Waals surface area contributed by atoms with Gasteiger partial charge in [-0.3, -0.25) is 4.68 Å². The van der Waals surface area contributed by atoms with Crippen molar-refractivity contribution in [3.63, 3.8) is 0 Å². The van der Waals surface area contributed by atoms with Crippen LogP contribution in [0.3, 0.4) is 0 Å². The second-order valence-electron chi connectivity index (χ2n) is 4.72. The molecule has 0 saturated heterocycles. The van der Waals surface area contributed by atoms with Crippen molar-refractivity contribution < 1.29 is 0 Å². The molecule has 2 rings (SSSR count). The average molecular weight is 207 g/mol. The predicted octanol–water partition coefficient (Wildman–Crippen LogP) is 2.18. The van der Waals surface area contributed by atoms with E-state index in [0.29, 0.717) is 6.04 Å². The SMILES string of the molecule is CNC(CC1CCC1)c1cn(C)nc1C. The molecule has 0 bridgehead atoms. The maximum absolute atomic E-state index is 4.41. The third-order valence-electron chi connectivity index (χ3n) is 3.57. The Kier molecular flexibility index (Phi) is 3.10. The van der Waals surface area contributed by atoms with Crippen LogP contribution in [0.15, 0.2) is 6.20 Å². The average Bonchev–Trinajstić information content (AvgIpc) is 2.44. The third kappa shape index (κ3) is 2.23. The summed E-state index contributed by atoms with van der Waals surface area (Å²) < 4.78 is 1.91. The Labute approximate surface area is 91.9 Å². The van der Waals surface area contributed by atoms with E-state index in [4.69, 9.17) is 0 Å². The summed E-state index contributed by atoms with van der Waals surface area (Å²) in [7, 11) is 4.04. The van der Waals surface area contributed by atoms with Crippen molar-refractivity contribution >= 4 is 0 Å². The van der Waals surface area contributed by atoms with Crippen LogP contribution >= 0.6 is 0 Å². The van der Waals surface area contributed by atoms with Crippen molar-refractivity contribution in [2.45, 2.75) is 38.6 Å². The fourth-order valence-electron chi connectivity index (χ4n) is 2.42. The summed E-state index contributed by atoms with van der Waals surface area (Å²) in [6, 6.07) is 0.490. The van der Waals surface area contributed by atoms with E-state index >= 15 is 0 Å². The van der Waals surface area contributed by atoms with Crippen LogP contribution in [-0.4, -0.2) is 16.8 Å². The van der Waals surface area contributed by atoms with Gasteiger partial charge in [-0.2, -0.15) is 5.10 Å². The summed E-state index contributed by atoms with van der Waals surface area (Å²) >= 11 is 0. The molecule has 1 aliphatic carbocycles. The first-order valence-electron chi connectivity index (χ1n) is 5.88. The number of nitrogens with zero attached hydrogens (tertiary/aromatic N) is 2. The molecule has 1 fully saturated rings. The van der Waals surface area contributed by atoms with Crippen LogP contribution in [-0.2, 0) is 7.05 Å². The molecule has 84 valence electrons. The van der Waals surface area contributed by atoms with Gasteiger partial charge >= 0.3 is 0 Å². The molecule has 0 radical (unpaired) electrons. The molecular weight excluding hydrogens is 186 g/mol. The molecule has 15 heavy (non-hydrogen) atoms. The molecule has 3 nitrogen and oxygen atoms in total. The molecule has 0 amide bonds. The zero-order valence-corrected chi connectivity index (χ0v) is 9.95. The van der Waals surface area contributed by atoms with Crippen LogP contribution in [0.25, 0.3) is 0 Å². The summed E-state index contributed by atoms with van der Waals surface area (Å²) in [6.45, 7) is 2.10. The van der Waals surface area contributed by atoms with Crippen LogP contribution in [0, 0.1) is 12.8 Å². The molecule has 1 aromatic rings. The van der Waals surface area contributed by atoms with Crippen molar-refractivity contribution in [3.8, 4) is 0 Å². The highest BCUT2D eigenvalue weighted by molar-refractivity contribution is 5.20. The van der Waals surface area contributed by atoms with Gasteiger partial charge in [0.25, 0.3) is 0 Å². The number of hydrogen-bond donors (Lipinski definition) is 1. The molecular formula is C12H21N3. The van der Waals surface area contributed by atoms with Crippen LogP contribution in [0.5, 0.6) is 0 Å². The van der Waals surface area contributed by atoms with Crippen LogP contribution < -0.4 is 5.32 Å². The predicted molar refractivity (Wildman–Crippen MR) is 61.7 cm³/mol. The van der Waals surface area contributed by atoms with Gasteiger partial charge in [-0.05, 0) is 26.3 Å². The smallest absolute Gasteiger partial charge is 0.0641 e. The Morgan fingerprint density at radius 3 is 2.73 bits per heavy atom. The van der Waals surface area contributed by atoms with E-state index in [1.807, 2.05) is 11.7 Å². The summed E-state index contributed by atoms with van der Waals surface area (Å²) in [5, 5.41) is 7.83. The molecule has 0 aliphatic heterocycles. The van der Waals surface area contributed by atoms with Crippen molar-refractivity contribution in [3.05, 3.63) is 17.5 Å². The topological polar surface area (TPSA) is 29.9 Å². The number of aryl methyl sites for hydroxylation is 2. The fourth-order valence-corrected chi connectivity index (χ4v) is 2.42. The normalized spacial score (nSPS) is 18.9. The molecule has 1 N–H and O–H groups in total. The van der Waals surface area contributed by atoms with E-state index in [1.54, 1.807) is 0 Å². The highest BCUT2D eigenvalue weighted by atomic mass is 15.3. The van der Waals surface area contributed by atoms with Gasteiger partial charge in [0.15, 0.2) is 0 Å². The maximum atomic E-state index is 4.41. The molecule has 3 heteroatoms. The lowest BCUT2D eigenvalue weighted by Gasteiger charge is -2.29. The molecule has 1 aliphatic rings. The lowest BCUT2D eigenvalue weighted by molar-refractivity contribution is 0.265. The lowest BCUT2D eigenvalue weighted by Crippen LogP contribution is -2.23. The second kappa shape index (κ2) is 4.35. The molecule has 1 unspecified atom stereocenters. The van der Waals surface area contributed by atoms with E-state index in [2.05, 4.69) is 30.6 Å². The minimum Gasteiger partial charge on any atom is -0.313 e. The second-order valence-corrected chi connectivity index (χ2v) is 4.72. The number of nitrogens with one attached hydrogen (secondary N) is 1. The third-order valence-corrected chi connectivity index (χ3v) is 3.57. The molecule has 1 atom stereocenters. The van der Waals surface area contributed by atoms with Crippen molar-refractivity contribution in [1.82, 2.24) is 15.1 Å². The van der Waals surface area contributed by atoms with Crippen molar-refractivity contribution in [2.75, 3.05) is 7.05 Å². The number of rotatable bonds is 4. The Hall–Kier alpha value is -0.830. The summed E-state index contributed by atoms with van der Waals surface area (Å²) in [4.78, 5) is 0. The highest BCUT2D eigenvalue weighted by Crippen LogP contribution is 2.35. The number of aromatic nitrogens is 2. The minimum atomic E-state index is 0.490. The van der Waals surface area contributed by atoms with Gasteiger partial charge in [-0.25, -0.2) is 0 Å². The molecule has 1 heterocycles. The van der Waals surface area contributed by atoms with E-state index < -0.39 is 0 Å². The van der Waals surface area contributed by atoms with Gasteiger partial charge in [-0.15, -0.1) is 0 Å². The molecule has 0 aromatic carbocycles. The zero-order chi connectivity index (χ0) is 10.8. The molecule has 0 spiro atoms. The van der Waals surface area contributed by atoms with Crippen molar-refractivity contribution in [1.29, 1.82) is 0 Å². The summed E-state index contributed by atoms with van der Waals surface area (Å²) in [6.07, 6.45) is 7.67. The quantitative estimate of drug-likeness (QED) is 0.820. The van der Waals surface area contributed by atoms with Crippen LogP contribution in [0.1, 0.15) is 43.0 Å². The largest absolute Gasteiger partial charge is 0.313 e. The monoisotopic (exact) mass is 207 g/mol. The van der Waals surface area contributed by atoms with Crippen LogP contribution in [0.2, 0.25) is 0 Å². The fraction of sp³-hybridized carbons (Fsp3) is 0.750. The Morgan fingerprint density at radius 2 is 2.33 bits per heavy atom. The lowest BCUT2D eigenvalue weighted by atomic mass is 9.79. The number of hydrogen-bond acceptors (Lipinski definition) is 2. The van der Waals surface area contributed by atoms with Gasteiger partial charge in [0.1, 0.15) is 0 Å². The van der Waals surface area contributed by atoms with E-state index in [1.165, 1.54) is 31.2 Å². The maximum Gasteiger partial charge on any atom is 0.0641 e. The molecule has 1 saturated carbocycles. The standard InChI is InChI=1S/C12H21N3/c1-9-11(8-15(3)14-9)12(13-2)7-10-5-4-6-10/h8,10,12-13H,4-7H2,1-3H3. The van der Waals surface area contributed by atoms with Crippen molar-refractivity contribution in [2.24, 2.45) is 13.0 Å². The first-order chi connectivity index (χ1) is 7.20.